The van der Waals surface area contributed by atoms with Gasteiger partial charge >= 0.3 is 0 Å². The standard InChI is InChI=1S/C17H22N4O2S3/c1-9-4-5-10-11(6-9)26-16-14(10)15(24-7-12(22)18-2)20-17(21-16)25-8-13(23)19-3/h9H,4-8H2,1-3H3,(H,18,22)(H,19,23)/t9-/m0/s1. The Morgan fingerprint density at radius 1 is 1.15 bits per heavy atom. The summed E-state index contributed by atoms with van der Waals surface area (Å²) < 4.78 is 0. The van der Waals surface area contributed by atoms with Gasteiger partial charge in [0.2, 0.25) is 11.8 Å². The van der Waals surface area contributed by atoms with Gasteiger partial charge < -0.3 is 10.6 Å². The molecule has 2 N–H and O–H groups in total. The molecular formula is C17H22N4O2S3. The Balaban J connectivity index is 1.97. The van der Waals surface area contributed by atoms with Crippen molar-refractivity contribution in [2.75, 3.05) is 25.6 Å². The second-order valence-electron chi connectivity index (χ2n) is 6.27. The van der Waals surface area contributed by atoms with E-state index < -0.39 is 0 Å². The Morgan fingerprint density at radius 2 is 1.85 bits per heavy atom. The molecule has 2 heterocycles. The molecule has 26 heavy (non-hydrogen) atoms. The van der Waals surface area contributed by atoms with Crippen LogP contribution in [0.1, 0.15) is 23.8 Å². The first-order chi connectivity index (χ1) is 12.5. The summed E-state index contributed by atoms with van der Waals surface area (Å²) in [4.78, 5) is 35.0. The molecule has 1 aliphatic carbocycles. The van der Waals surface area contributed by atoms with Crippen molar-refractivity contribution >= 4 is 56.9 Å². The van der Waals surface area contributed by atoms with Crippen LogP contribution in [0.4, 0.5) is 0 Å². The molecule has 0 radical (unpaired) electrons. The van der Waals surface area contributed by atoms with E-state index in [0.29, 0.717) is 16.8 Å². The number of hydrogen-bond acceptors (Lipinski definition) is 7. The van der Waals surface area contributed by atoms with Crippen molar-refractivity contribution in [3.8, 4) is 0 Å². The van der Waals surface area contributed by atoms with Gasteiger partial charge in [0.1, 0.15) is 9.86 Å². The zero-order valence-electron chi connectivity index (χ0n) is 15.0. The smallest absolute Gasteiger partial charge is 0.230 e. The molecule has 0 aliphatic heterocycles. The Morgan fingerprint density at radius 3 is 2.54 bits per heavy atom. The van der Waals surface area contributed by atoms with Gasteiger partial charge in [-0.25, -0.2) is 9.97 Å². The fourth-order valence-corrected chi connectivity index (χ4v) is 6.07. The van der Waals surface area contributed by atoms with Crippen LogP contribution in [0.3, 0.4) is 0 Å². The minimum atomic E-state index is -0.0578. The molecule has 0 spiro atoms. The molecule has 2 amide bonds. The van der Waals surface area contributed by atoms with Crippen LogP contribution in [0.2, 0.25) is 0 Å². The summed E-state index contributed by atoms with van der Waals surface area (Å²) in [7, 11) is 3.25. The highest BCUT2D eigenvalue weighted by Crippen LogP contribution is 2.41. The highest BCUT2D eigenvalue weighted by molar-refractivity contribution is 8.00. The minimum Gasteiger partial charge on any atom is -0.358 e. The summed E-state index contributed by atoms with van der Waals surface area (Å²) in [6.07, 6.45) is 3.29. The number of nitrogens with zero attached hydrogens (tertiary/aromatic N) is 2. The molecule has 0 aromatic carbocycles. The first kappa shape index (κ1) is 19.4. The van der Waals surface area contributed by atoms with Crippen LogP contribution in [0, 0.1) is 5.92 Å². The summed E-state index contributed by atoms with van der Waals surface area (Å²) in [6, 6.07) is 0. The first-order valence-corrected chi connectivity index (χ1v) is 11.3. The fraction of sp³-hybridized carbons (Fsp3) is 0.529. The van der Waals surface area contributed by atoms with Gasteiger partial charge in [0.05, 0.1) is 11.5 Å². The molecule has 0 fully saturated rings. The third-order valence-corrected chi connectivity index (χ3v) is 7.30. The van der Waals surface area contributed by atoms with E-state index in [4.69, 9.17) is 4.98 Å². The number of hydrogen-bond donors (Lipinski definition) is 2. The van der Waals surface area contributed by atoms with Crippen LogP contribution in [0.25, 0.3) is 10.2 Å². The Bertz CT molecular complexity index is 837. The molecule has 1 atom stereocenters. The van der Waals surface area contributed by atoms with E-state index in [1.807, 2.05) is 0 Å². The van der Waals surface area contributed by atoms with Crippen molar-refractivity contribution in [1.29, 1.82) is 0 Å². The predicted molar refractivity (Wildman–Crippen MR) is 108 cm³/mol. The summed E-state index contributed by atoms with van der Waals surface area (Å²) in [5, 5.41) is 7.81. The molecule has 0 saturated heterocycles. The van der Waals surface area contributed by atoms with Gasteiger partial charge in [-0.3, -0.25) is 9.59 Å². The van der Waals surface area contributed by atoms with Crippen LogP contribution >= 0.6 is 34.9 Å². The minimum absolute atomic E-state index is 0.0287. The zero-order valence-corrected chi connectivity index (χ0v) is 17.5. The van der Waals surface area contributed by atoms with Gasteiger partial charge in [0, 0.05) is 24.4 Å². The lowest BCUT2D eigenvalue weighted by atomic mass is 9.89. The third-order valence-electron chi connectivity index (χ3n) is 4.33. The van der Waals surface area contributed by atoms with Gasteiger partial charge in [-0.05, 0) is 30.7 Å². The summed E-state index contributed by atoms with van der Waals surface area (Å²) in [5.74, 6) is 1.21. The molecule has 0 bridgehead atoms. The Labute approximate surface area is 165 Å². The largest absolute Gasteiger partial charge is 0.358 e. The summed E-state index contributed by atoms with van der Waals surface area (Å²) in [5.41, 5.74) is 1.35. The highest BCUT2D eigenvalue weighted by atomic mass is 32.2. The van der Waals surface area contributed by atoms with Gasteiger partial charge in [0.25, 0.3) is 0 Å². The maximum atomic E-state index is 11.7. The number of nitrogens with one attached hydrogen (secondary N) is 2. The SMILES string of the molecule is CNC(=O)CSc1nc(SCC(=O)NC)c2c3c(sc2n1)C[C@@H](C)CC3. The molecule has 0 unspecified atom stereocenters. The number of rotatable bonds is 6. The van der Waals surface area contributed by atoms with E-state index in [-0.39, 0.29) is 17.6 Å². The fourth-order valence-electron chi connectivity index (χ4n) is 2.87. The molecule has 6 nitrogen and oxygen atoms in total. The number of thioether (sulfide) groups is 2. The van der Waals surface area contributed by atoms with Gasteiger partial charge in [-0.15, -0.1) is 11.3 Å². The monoisotopic (exact) mass is 410 g/mol. The van der Waals surface area contributed by atoms with Gasteiger partial charge in [0.15, 0.2) is 5.16 Å². The molecule has 3 rings (SSSR count). The normalized spacial score (nSPS) is 16.3. The average molecular weight is 411 g/mol. The molecule has 2 aromatic heterocycles. The topological polar surface area (TPSA) is 84.0 Å². The van der Waals surface area contributed by atoms with Crippen molar-refractivity contribution in [3.05, 3.63) is 10.4 Å². The van der Waals surface area contributed by atoms with Crippen molar-refractivity contribution in [2.24, 2.45) is 5.92 Å². The number of fused-ring (bicyclic) bond motifs is 3. The second kappa shape index (κ2) is 8.58. The maximum Gasteiger partial charge on any atom is 0.230 e. The van der Waals surface area contributed by atoms with E-state index in [9.17, 15) is 9.59 Å². The van der Waals surface area contributed by atoms with E-state index in [2.05, 4.69) is 22.5 Å². The highest BCUT2D eigenvalue weighted by Gasteiger charge is 2.24. The van der Waals surface area contributed by atoms with E-state index in [1.54, 1.807) is 25.4 Å². The Kier molecular flexibility index (Phi) is 6.42. The van der Waals surface area contributed by atoms with Crippen LogP contribution in [-0.4, -0.2) is 47.4 Å². The molecule has 140 valence electrons. The van der Waals surface area contributed by atoms with Crippen LogP contribution in [-0.2, 0) is 22.4 Å². The number of carbonyl (C=O) groups is 2. The van der Waals surface area contributed by atoms with Gasteiger partial charge in [-0.1, -0.05) is 30.4 Å². The summed E-state index contributed by atoms with van der Waals surface area (Å²) >= 11 is 4.50. The van der Waals surface area contributed by atoms with Crippen molar-refractivity contribution < 1.29 is 9.59 Å². The lowest BCUT2D eigenvalue weighted by Gasteiger charge is -2.18. The number of aryl methyl sites for hydroxylation is 1. The molecular weight excluding hydrogens is 388 g/mol. The second-order valence-corrected chi connectivity index (χ2v) is 9.26. The lowest BCUT2D eigenvalue weighted by Crippen LogP contribution is -2.20. The van der Waals surface area contributed by atoms with E-state index in [1.165, 1.54) is 40.4 Å². The average Bonchev–Trinajstić information content (AvgIpc) is 3.00. The summed E-state index contributed by atoms with van der Waals surface area (Å²) in [6.45, 7) is 2.28. The maximum absolute atomic E-state index is 11.7. The molecule has 1 aliphatic rings. The third kappa shape index (κ3) is 4.32. The molecule has 2 aromatic rings. The first-order valence-electron chi connectivity index (χ1n) is 8.50. The van der Waals surface area contributed by atoms with E-state index >= 15 is 0 Å². The quantitative estimate of drug-likeness (QED) is 0.432. The van der Waals surface area contributed by atoms with E-state index in [0.717, 1.165) is 28.1 Å². The van der Waals surface area contributed by atoms with Crippen molar-refractivity contribution in [3.63, 3.8) is 0 Å². The predicted octanol–water partition coefficient (Wildman–Crippen LogP) is 2.49. The van der Waals surface area contributed by atoms with Crippen LogP contribution in [0.15, 0.2) is 10.2 Å². The molecule has 0 saturated carbocycles. The number of aromatic nitrogens is 2. The number of carbonyl (C=O) groups excluding carboxylic acids is 2. The Hall–Kier alpha value is -1.32. The van der Waals surface area contributed by atoms with Crippen LogP contribution in [0.5, 0.6) is 0 Å². The van der Waals surface area contributed by atoms with Crippen LogP contribution < -0.4 is 10.6 Å². The number of thiophene rings is 1. The van der Waals surface area contributed by atoms with Gasteiger partial charge in [-0.2, -0.15) is 0 Å². The van der Waals surface area contributed by atoms with Crippen molar-refractivity contribution in [2.45, 2.75) is 36.4 Å². The molecule has 9 heteroatoms. The lowest BCUT2D eigenvalue weighted by molar-refractivity contribution is -0.118. The van der Waals surface area contributed by atoms with Crippen molar-refractivity contribution in [1.82, 2.24) is 20.6 Å². The zero-order chi connectivity index (χ0) is 18.7. The number of amides is 2.